The first-order chi connectivity index (χ1) is 12.3. The zero-order chi connectivity index (χ0) is 17.1. The Morgan fingerprint density at radius 3 is 2.52 bits per heavy atom. The van der Waals surface area contributed by atoms with Crippen LogP contribution in [0.2, 0.25) is 0 Å². The summed E-state index contributed by atoms with van der Waals surface area (Å²) in [5, 5.41) is 0. The van der Waals surface area contributed by atoms with Crippen LogP contribution in [0, 0.1) is 0 Å². The van der Waals surface area contributed by atoms with Gasteiger partial charge in [0.05, 0.1) is 11.0 Å². The number of carbonyl (C=O) groups excluding carboxylic acids is 1. The molecular weight excluding hydrogens is 310 g/mol. The summed E-state index contributed by atoms with van der Waals surface area (Å²) in [4.78, 5) is 22.6. The van der Waals surface area contributed by atoms with Gasteiger partial charge in [-0.25, -0.2) is 4.98 Å². The zero-order valence-electron chi connectivity index (χ0n) is 14.3. The molecule has 0 spiro atoms. The monoisotopic (exact) mass is 333 g/mol. The summed E-state index contributed by atoms with van der Waals surface area (Å²) in [5.41, 5.74) is 3.35. The first kappa shape index (κ1) is 15.9. The van der Waals surface area contributed by atoms with Gasteiger partial charge in [-0.05, 0) is 37.0 Å². The van der Waals surface area contributed by atoms with Crippen molar-refractivity contribution in [2.75, 3.05) is 13.1 Å². The highest BCUT2D eigenvalue weighted by atomic mass is 16.2. The fourth-order valence-electron chi connectivity index (χ4n) is 3.62. The van der Waals surface area contributed by atoms with E-state index < -0.39 is 0 Å². The molecule has 1 N–H and O–H groups in total. The number of piperidine rings is 1. The predicted molar refractivity (Wildman–Crippen MR) is 99.4 cm³/mol. The number of fused-ring (bicyclic) bond motifs is 1. The Morgan fingerprint density at radius 1 is 1.04 bits per heavy atom. The fourth-order valence-corrected chi connectivity index (χ4v) is 3.62. The average Bonchev–Trinajstić information content (AvgIpc) is 3.11. The lowest BCUT2D eigenvalue weighted by molar-refractivity contribution is -0.132. The summed E-state index contributed by atoms with van der Waals surface area (Å²) in [6.07, 6.45) is 3.39. The Bertz CT molecular complexity index is 815. The summed E-state index contributed by atoms with van der Waals surface area (Å²) in [7, 11) is 0. The van der Waals surface area contributed by atoms with Gasteiger partial charge in [-0.1, -0.05) is 42.5 Å². The molecule has 0 bridgehead atoms. The molecule has 25 heavy (non-hydrogen) atoms. The van der Waals surface area contributed by atoms with Crippen molar-refractivity contribution in [3.05, 3.63) is 66.0 Å². The second kappa shape index (κ2) is 7.09. The minimum Gasteiger partial charge on any atom is -0.343 e. The highest BCUT2D eigenvalue weighted by Gasteiger charge is 2.25. The number of para-hydroxylation sites is 2. The van der Waals surface area contributed by atoms with Crippen LogP contribution >= 0.6 is 0 Å². The van der Waals surface area contributed by atoms with Crippen LogP contribution in [0.3, 0.4) is 0 Å². The number of imidazole rings is 1. The maximum atomic E-state index is 12.5. The lowest BCUT2D eigenvalue weighted by atomic mass is 9.95. The Kier molecular flexibility index (Phi) is 4.51. The van der Waals surface area contributed by atoms with Gasteiger partial charge < -0.3 is 9.88 Å². The normalized spacial score (nSPS) is 15.6. The van der Waals surface area contributed by atoms with Crippen molar-refractivity contribution in [2.24, 2.45) is 0 Å². The zero-order valence-corrected chi connectivity index (χ0v) is 14.3. The van der Waals surface area contributed by atoms with Crippen LogP contribution in [-0.2, 0) is 11.2 Å². The third-order valence-electron chi connectivity index (χ3n) is 5.11. The molecule has 2 aromatic carbocycles. The van der Waals surface area contributed by atoms with Crippen molar-refractivity contribution in [3.63, 3.8) is 0 Å². The first-order valence-electron chi connectivity index (χ1n) is 9.06. The molecule has 4 nitrogen and oxygen atoms in total. The van der Waals surface area contributed by atoms with E-state index in [0.29, 0.717) is 12.3 Å². The van der Waals surface area contributed by atoms with E-state index in [2.05, 4.69) is 23.2 Å². The lowest BCUT2D eigenvalue weighted by Gasteiger charge is -2.31. The number of hydrogen-bond donors (Lipinski definition) is 1. The molecule has 1 amide bonds. The third-order valence-corrected chi connectivity index (χ3v) is 5.11. The van der Waals surface area contributed by atoms with Crippen LogP contribution in [0.5, 0.6) is 0 Å². The molecular formula is C21H23N3O. The van der Waals surface area contributed by atoms with E-state index in [0.717, 1.165) is 49.2 Å². The Hall–Kier alpha value is -2.62. The maximum Gasteiger partial charge on any atom is 0.222 e. The molecule has 0 radical (unpaired) electrons. The molecule has 2 heterocycles. The topological polar surface area (TPSA) is 49.0 Å². The van der Waals surface area contributed by atoms with Crippen LogP contribution in [0.4, 0.5) is 0 Å². The highest BCUT2D eigenvalue weighted by Crippen LogP contribution is 2.28. The molecule has 4 rings (SSSR count). The van der Waals surface area contributed by atoms with E-state index in [-0.39, 0.29) is 5.91 Å². The maximum absolute atomic E-state index is 12.5. The minimum absolute atomic E-state index is 0.270. The van der Waals surface area contributed by atoms with Gasteiger partial charge in [0.2, 0.25) is 5.91 Å². The van der Waals surface area contributed by atoms with Crippen LogP contribution in [-0.4, -0.2) is 33.9 Å². The van der Waals surface area contributed by atoms with E-state index >= 15 is 0 Å². The van der Waals surface area contributed by atoms with Gasteiger partial charge in [-0.3, -0.25) is 4.79 Å². The van der Waals surface area contributed by atoms with Crippen molar-refractivity contribution in [1.29, 1.82) is 0 Å². The van der Waals surface area contributed by atoms with E-state index in [1.165, 1.54) is 5.56 Å². The Morgan fingerprint density at radius 2 is 1.76 bits per heavy atom. The molecule has 0 unspecified atom stereocenters. The van der Waals surface area contributed by atoms with E-state index in [4.69, 9.17) is 4.98 Å². The van der Waals surface area contributed by atoms with Gasteiger partial charge in [0.25, 0.3) is 0 Å². The van der Waals surface area contributed by atoms with Crippen LogP contribution < -0.4 is 0 Å². The quantitative estimate of drug-likeness (QED) is 0.787. The highest BCUT2D eigenvalue weighted by molar-refractivity contribution is 5.77. The number of H-pyrrole nitrogens is 1. The van der Waals surface area contributed by atoms with Crippen molar-refractivity contribution in [3.8, 4) is 0 Å². The Balaban J connectivity index is 1.32. The summed E-state index contributed by atoms with van der Waals surface area (Å²) < 4.78 is 0. The smallest absolute Gasteiger partial charge is 0.222 e. The number of amides is 1. The number of aryl methyl sites for hydroxylation is 1. The number of nitrogens with zero attached hydrogens (tertiary/aromatic N) is 2. The number of likely N-dealkylation sites (tertiary alicyclic amines) is 1. The molecule has 3 aromatic rings. The second-order valence-corrected chi connectivity index (χ2v) is 6.78. The number of nitrogens with one attached hydrogen (secondary N) is 1. The molecule has 1 aliphatic rings. The largest absolute Gasteiger partial charge is 0.343 e. The van der Waals surface area contributed by atoms with Crippen LogP contribution in [0.25, 0.3) is 11.0 Å². The predicted octanol–water partition coefficient (Wildman–Crippen LogP) is 3.90. The van der Waals surface area contributed by atoms with E-state index in [9.17, 15) is 4.79 Å². The molecule has 128 valence electrons. The molecule has 1 aliphatic heterocycles. The SMILES string of the molecule is O=C(CCc1ccccc1)N1CCC(c2nc3ccccc3[nH]2)CC1. The van der Waals surface area contributed by atoms with Crippen LogP contribution in [0.15, 0.2) is 54.6 Å². The summed E-state index contributed by atoms with van der Waals surface area (Å²) >= 11 is 0. The number of rotatable bonds is 4. The van der Waals surface area contributed by atoms with Gasteiger partial charge >= 0.3 is 0 Å². The fraction of sp³-hybridized carbons (Fsp3) is 0.333. The van der Waals surface area contributed by atoms with Crippen molar-refractivity contribution in [1.82, 2.24) is 14.9 Å². The molecule has 0 atom stereocenters. The molecule has 0 aliphatic carbocycles. The standard InChI is InChI=1S/C21H23N3O/c25-20(11-10-16-6-2-1-3-7-16)24-14-12-17(13-15-24)21-22-18-8-4-5-9-19(18)23-21/h1-9,17H,10-15H2,(H,22,23). The molecule has 1 aromatic heterocycles. The van der Waals surface area contributed by atoms with Crippen molar-refractivity contribution < 1.29 is 4.79 Å². The number of aromatic nitrogens is 2. The van der Waals surface area contributed by atoms with Gasteiger partial charge in [0.15, 0.2) is 0 Å². The van der Waals surface area contributed by atoms with E-state index in [1.54, 1.807) is 0 Å². The molecule has 1 fully saturated rings. The minimum atomic E-state index is 0.270. The Labute approximate surface area is 147 Å². The second-order valence-electron chi connectivity index (χ2n) is 6.78. The van der Waals surface area contributed by atoms with Gasteiger partial charge in [-0.15, -0.1) is 0 Å². The van der Waals surface area contributed by atoms with Crippen molar-refractivity contribution in [2.45, 2.75) is 31.6 Å². The summed E-state index contributed by atoms with van der Waals surface area (Å²) in [5.74, 6) is 1.76. The van der Waals surface area contributed by atoms with Gasteiger partial charge in [0.1, 0.15) is 5.82 Å². The summed E-state index contributed by atoms with van der Waals surface area (Å²) in [6, 6.07) is 18.4. The van der Waals surface area contributed by atoms with Crippen LogP contribution in [0.1, 0.15) is 36.6 Å². The van der Waals surface area contributed by atoms with E-state index in [1.807, 2.05) is 41.3 Å². The number of benzene rings is 2. The third kappa shape index (κ3) is 3.58. The lowest BCUT2D eigenvalue weighted by Crippen LogP contribution is -2.38. The van der Waals surface area contributed by atoms with Gasteiger partial charge in [0, 0.05) is 25.4 Å². The summed E-state index contributed by atoms with van der Waals surface area (Å²) in [6.45, 7) is 1.66. The first-order valence-corrected chi connectivity index (χ1v) is 9.06. The molecule has 0 saturated carbocycles. The van der Waals surface area contributed by atoms with Crippen molar-refractivity contribution >= 4 is 16.9 Å². The average molecular weight is 333 g/mol. The number of aromatic amines is 1. The number of carbonyl (C=O) groups is 1. The number of hydrogen-bond acceptors (Lipinski definition) is 2. The molecule has 4 heteroatoms. The van der Waals surface area contributed by atoms with Gasteiger partial charge in [-0.2, -0.15) is 0 Å². The molecule has 1 saturated heterocycles.